The fraction of sp³-hybridized carbons (Fsp3) is 0.0769. The Bertz CT molecular complexity index is 497. The molecule has 1 atom stereocenters. The van der Waals surface area contributed by atoms with Gasteiger partial charge in [-0.3, -0.25) is 0 Å². The first-order valence-corrected chi connectivity index (χ1v) is 4.84. The Morgan fingerprint density at radius 3 is 2.38 bits per heavy atom. The zero-order chi connectivity index (χ0) is 11.5. The van der Waals surface area contributed by atoms with Gasteiger partial charge in [0.25, 0.3) is 0 Å². The Morgan fingerprint density at radius 1 is 0.938 bits per heavy atom. The van der Waals surface area contributed by atoms with Crippen molar-refractivity contribution in [1.29, 1.82) is 0 Å². The summed E-state index contributed by atoms with van der Waals surface area (Å²) in [5.41, 5.74) is 0.262. The first-order valence-electron chi connectivity index (χ1n) is 4.84. The topological polar surface area (TPSA) is 19.9 Å². The van der Waals surface area contributed by atoms with Crippen molar-refractivity contribution >= 4 is 0 Å². The van der Waals surface area contributed by atoms with E-state index in [0.29, 0.717) is 0 Å². The molecule has 0 spiro atoms. The van der Waals surface area contributed by atoms with E-state index in [9.17, 15) is 13.9 Å². The summed E-state index contributed by atoms with van der Waals surface area (Å²) in [6.07, 6.45) is -1.39. The summed E-state index contributed by atoms with van der Waals surface area (Å²) in [6.45, 7) is 0. The Morgan fingerprint density at radius 2 is 1.69 bits per heavy atom. The molecule has 2 aromatic carbocycles. The van der Waals surface area contributed by atoms with Crippen molar-refractivity contribution in [2.45, 2.75) is 6.10 Å². The summed E-state index contributed by atoms with van der Waals surface area (Å²) in [4.78, 5) is 0. The van der Waals surface area contributed by atoms with Crippen LogP contribution in [0.4, 0.5) is 8.78 Å². The van der Waals surface area contributed by atoms with E-state index in [4.69, 9.17) is 0 Å². The maximum atomic E-state index is 13.3. The fourth-order valence-electron chi connectivity index (χ4n) is 1.54. The minimum absolute atomic E-state index is 0.0353. The van der Waals surface area contributed by atoms with Crippen molar-refractivity contribution in [1.82, 2.24) is 0 Å². The molecule has 0 aliphatic heterocycles. The quantitative estimate of drug-likeness (QED) is 0.736. The lowest BCUT2D eigenvalue weighted by Gasteiger charge is -2.09. The zero-order valence-electron chi connectivity index (χ0n) is 8.36. The molecule has 1 radical (unpaired) electrons. The monoisotopic (exact) mass is 219 g/mol. The van der Waals surface area contributed by atoms with Crippen LogP contribution in [0.2, 0.25) is 0 Å². The highest BCUT2D eigenvalue weighted by atomic mass is 19.1. The van der Waals surface area contributed by atoms with Crippen LogP contribution in [-0.2, 0) is 5.11 Å². The van der Waals surface area contributed by atoms with Gasteiger partial charge in [0.05, 0.1) is 0 Å². The third-order valence-electron chi connectivity index (χ3n) is 2.34. The van der Waals surface area contributed by atoms with E-state index in [1.54, 1.807) is 6.07 Å². The van der Waals surface area contributed by atoms with Gasteiger partial charge in [0.2, 0.25) is 0 Å². The van der Waals surface area contributed by atoms with Gasteiger partial charge in [-0.25, -0.2) is 13.9 Å². The number of halogens is 2. The highest BCUT2D eigenvalue weighted by Crippen LogP contribution is 2.24. The summed E-state index contributed by atoms with van der Waals surface area (Å²) in [6, 6.07) is 11.0. The molecule has 3 heteroatoms. The lowest BCUT2D eigenvalue weighted by molar-refractivity contribution is 0.121. The molecule has 81 valence electrons. The minimum Gasteiger partial charge on any atom is -0.223 e. The van der Waals surface area contributed by atoms with Gasteiger partial charge >= 0.3 is 0 Å². The van der Waals surface area contributed by atoms with Crippen LogP contribution < -0.4 is 0 Å². The summed E-state index contributed by atoms with van der Waals surface area (Å²) in [5.74, 6) is -1.05. The van der Waals surface area contributed by atoms with Crippen LogP contribution in [0.3, 0.4) is 0 Å². The molecule has 0 heterocycles. The number of hydrogen-bond donors (Lipinski definition) is 0. The summed E-state index contributed by atoms with van der Waals surface area (Å²) in [7, 11) is 0. The molecule has 0 saturated carbocycles. The van der Waals surface area contributed by atoms with Crippen molar-refractivity contribution in [3.8, 4) is 0 Å². The zero-order valence-corrected chi connectivity index (χ0v) is 8.36. The van der Waals surface area contributed by atoms with Gasteiger partial charge in [0, 0.05) is 5.56 Å². The number of hydrogen-bond acceptors (Lipinski definition) is 0. The van der Waals surface area contributed by atoms with Gasteiger partial charge in [-0.05, 0) is 23.8 Å². The Kier molecular flexibility index (Phi) is 2.97. The van der Waals surface area contributed by atoms with Crippen molar-refractivity contribution < 1.29 is 13.9 Å². The molecule has 2 aromatic rings. The van der Waals surface area contributed by atoms with E-state index in [1.165, 1.54) is 36.4 Å². The molecular formula is C13H9F2O. The molecule has 1 nitrogen and oxygen atoms in total. The van der Waals surface area contributed by atoms with Gasteiger partial charge in [-0.1, -0.05) is 30.3 Å². The Labute approximate surface area is 92.0 Å². The smallest absolute Gasteiger partial charge is 0.146 e. The standard InChI is InChI=1S/C13H9F2O/c14-10-5-3-4-9(8-10)13(16)11-6-1-2-7-12(11)15/h1-8,13H. The summed E-state index contributed by atoms with van der Waals surface area (Å²) < 4.78 is 26.2. The third kappa shape index (κ3) is 2.09. The maximum Gasteiger partial charge on any atom is 0.146 e. The van der Waals surface area contributed by atoms with Crippen LogP contribution in [0, 0.1) is 11.6 Å². The maximum absolute atomic E-state index is 13.3. The van der Waals surface area contributed by atoms with Crippen molar-refractivity contribution in [3.05, 3.63) is 71.3 Å². The lowest BCUT2D eigenvalue weighted by atomic mass is 10.0. The van der Waals surface area contributed by atoms with Crippen LogP contribution in [0.1, 0.15) is 17.2 Å². The van der Waals surface area contributed by atoms with Crippen molar-refractivity contribution in [2.24, 2.45) is 0 Å². The second kappa shape index (κ2) is 4.41. The second-order valence-corrected chi connectivity index (χ2v) is 3.46. The van der Waals surface area contributed by atoms with Gasteiger partial charge in [-0.2, -0.15) is 0 Å². The average Bonchev–Trinajstić information content (AvgIpc) is 2.29. The first-order chi connectivity index (χ1) is 7.68. The molecule has 0 saturated heterocycles. The molecule has 0 aromatic heterocycles. The predicted molar refractivity (Wildman–Crippen MR) is 55.3 cm³/mol. The SMILES string of the molecule is [O]C(c1cccc(F)c1)c1ccccc1F. The molecular weight excluding hydrogens is 210 g/mol. The van der Waals surface area contributed by atoms with Crippen molar-refractivity contribution in [3.63, 3.8) is 0 Å². The molecule has 0 amide bonds. The molecule has 16 heavy (non-hydrogen) atoms. The van der Waals surface area contributed by atoms with Crippen LogP contribution in [0.25, 0.3) is 0 Å². The molecule has 0 fully saturated rings. The number of benzene rings is 2. The van der Waals surface area contributed by atoms with Crippen molar-refractivity contribution in [2.75, 3.05) is 0 Å². The minimum atomic E-state index is -1.39. The molecule has 0 aliphatic carbocycles. The molecule has 2 rings (SSSR count). The van der Waals surface area contributed by atoms with Gasteiger partial charge in [0.1, 0.15) is 17.7 Å². The van der Waals surface area contributed by atoms with Crippen LogP contribution in [-0.4, -0.2) is 0 Å². The average molecular weight is 219 g/mol. The van der Waals surface area contributed by atoms with Gasteiger partial charge < -0.3 is 0 Å². The van der Waals surface area contributed by atoms with E-state index < -0.39 is 17.7 Å². The summed E-state index contributed by atoms with van der Waals surface area (Å²) >= 11 is 0. The molecule has 0 N–H and O–H groups in total. The van der Waals surface area contributed by atoms with Gasteiger partial charge in [0.15, 0.2) is 0 Å². The fourth-order valence-corrected chi connectivity index (χ4v) is 1.54. The molecule has 0 bridgehead atoms. The van der Waals surface area contributed by atoms with E-state index >= 15 is 0 Å². The van der Waals surface area contributed by atoms with E-state index in [2.05, 4.69) is 0 Å². The lowest BCUT2D eigenvalue weighted by Crippen LogP contribution is -2.01. The molecule has 0 aliphatic rings. The summed E-state index contributed by atoms with van der Waals surface area (Å²) in [5, 5.41) is 11.9. The Balaban J connectivity index is 2.39. The normalized spacial score (nSPS) is 12.4. The highest BCUT2D eigenvalue weighted by molar-refractivity contribution is 5.30. The van der Waals surface area contributed by atoms with E-state index in [0.717, 1.165) is 6.07 Å². The van der Waals surface area contributed by atoms with Gasteiger partial charge in [-0.15, -0.1) is 0 Å². The third-order valence-corrected chi connectivity index (χ3v) is 2.34. The predicted octanol–water partition coefficient (Wildman–Crippen LogP) is 3.48. The van der Waals surface area contributed by atoms with E-state index in [-0.39, 0.29) is 11.1 Å². The largest absolute Gasteiger partial charge is 0.223 e. The van der Waals surface area contributed by atoms with Crippen LogP contribution in [0.15, 0.2) is 48.5 Å². The number of rotatable bonds is 2. The molecule has 1 unspecified atom stereocenters. The Hall–Kier alpha value is -1.74. The highest BCUT2D eigenvalue weighted by Gasteiger charge is 2.16. The van der Waals surface area contributed by atoms with Crippen LogP contribution >= 0.6 is 0 Å². The second-order valence-electron chi connectivity index (χ2n) is 3.46. The van der Waals surface area contributed by atoms with E-state index in [1.807, 2.05) is 0 Å². The van der Waals surface area contributed by atoms with Crippen LogP contribution in [0.5, 0.6) is 0 Å². The first kappa shape index (κ1) is 10.8.